The molecule has 0 radical (unpaired) electrons. The highest BCUT2D eigenvalue weighted by Crippen LogP contribution is 2.16. The Bertz CT molecular complexity index is 290. The molecule has 2 N–H and O–H groups in total. The molecule has 2 atom stereocenters. The van der Waals surface area contributed by atoms with Gasteiger partial charge in [0.05, 0.1) is 0 Å². The third-order valence-corrected chi connectivity index (χ3v) is 4.72. The van der Waals surface area contributed by atoms with E-state index in [1.165, 1.54) is 38.5 Å². The summed E-state index contributed by atoms with van der Waals surface area (Å²) in [5, 5.41) is 6.58. The number of carbonyl (C=O) groups is 1. The number of unbranched alkanes of at least 4 members (excludes halogenated alkanes) is 3. The van der Waals surface area contributed by atoms with Crippen molar-refractivity contribution in [2.24, 2.45) is 0 Å². The summed E-state index contributed by atoms with van der Waals surface area (Å²) in [6.45, 7) is 9.22. The number of urea groups is 1. The van der Waals surface area contributed by atoms with Gasteiger partial charge >= 0.3 is 6.03 Å². The molecule has 22 heavy (non-hydrogen) atoms. The van der Waals surface area contributed by atoms with Gasteiger partial charge in [0.1, 0.15) is 0 Å². The molecule has 1 aliphatic heterocycles. The molecule has 0 aromatic carbocycles. The Balaban J connectivity index is 2.41. The predicted molar refractivity (Wildman–Crippen MR) is 94.3 cm³/mol. The van der Waals surface area contributed by atoms with Gasteiger partial charge in [-0.2, -0.15) is 0 Å². The van der Waals surface area contributed by atoms with E-state index in [2.05, 4.69) is 36.3 Å². The molecule has 1 heterocycles. The molecule has 4 heteroatoms. The highest BCUT2D eigenvalue weighted by Gasteiger charge is 2.22. The lowest BCUT2D eigenvalue weighted by molar-refractivity contribution is 0.167. The number of amides is 2. The fourth-order valence-electron chi connectivity index (χ4n) is 3.41. The van der Waals surface area contributed by atoms with E-state index in [9.17, 15) is 4.79 Å². The summed E-state index contributed by atoms with van der Waals surface area (Å²) in [4.78, 5) is 14.6. The fraction of sp³-hybridized carbons (Fsp3) is 0.944. The minimum absolute atomic E-state index is 0.130. The van der Waals surface area contributed by atoms with E-state index >= 15 is 0 Å². The van der Waals surface area contributed by atoms with Crippen molar-refractivity contribution in [2.75, 3.05) is 19.6 Å². The molecule has 4 nitrogen and oxygen atoms in total. The largest absolute Gasteiger partial charge is 0.336 e. The van der Waals surface area contributed by atoms with Gasteiger partial charge in [-0.05, 0) is 39.2 Å². The van der Waals surface area contributed by atoms with Gasteiger partial charge < -0.3 is 15.5 Å². The van der Waals surface area contributed by atoms with Crippen molar-refractivity contribution in [3.05, 3.63) is 0 Å². The summed E-state index contributed by atoms with van der Waals surface area (Å²) in [5.41, 5.74) is 0. The maximum absolute atomic E-state index is 12.5. The molecule has 1 aliphatic rings. The van der Waals surface area contributed by atoms with Gasteiger partial charge in [0.25, 0.3) is 0 Å². The minimum Gasteiger partial charge on any atom is -0.336 e. The summed E-state index contributed by atoms with van der Waals surface area (Å²) in [6.07, 6.45) is 10.9. The van der Waals surface area contributed by atoms with Crippen LogP contribution in [0.3, 0.4) is 0 Å². The SMILES string of the molecule is CCCCCCC(CCC)N(CC)C(=O)NC[C@H]1CCCN1. The molecular weight excluding hydrogens is 274 g/mol. The third kappa shape index (κ3) is 6.99. The van der Waals surface area contributed by atoms with Crippen molar-refractivity contribution in [3.8, 4) is 0 Å². The summed E-state index contributed by atoms with van der Waals surface area (Å²) in [6, 6.07) is 1.00. The Morgan fingerprint density at radius 1 is 1.18 bits per heavy atom. The highest BCUT2D eigenvalue weighted by atomic mass is 16.2. The average Bonchev–Trinajstić information content (AvgIpc) is 3.03. The van der Waals surface area contributed by atoms with Crippen LogP contribution in [0.2, 0.25) is 0 Å². The van der Waals surface area contributed by atoms with Crippen molar-refractivity contribution in [1.82, 2.24) is 15.5 Å². The van der Waals surface area contributed by atoms with E-state index in [0.29, 0.717) is 12.1 Å². The van der Waals surface area contributed by atoms with Crippen LogP contribution in [0.1, 0.15) is 78.6 Å². The van der Waals surface area contributed by atoms with Gasteiger partial charge in [0, 0.05) is 25.2 Å². The van der Waals surface area contributed by atoms with Crippen LogP contribution in [0.15, 0.2) is 0 Å². The molecule has 1 fully saturated rings. The number of nitrogens with zero attached hydrogens (tertiary/aromatic N) is 1. The average molecular weight is 312 g/mol. The smallest absolute Gasteiger partial charge is 0.317 e. The van der Waals surface area contributed by atoms with Crippen molar-refractivity contribution in [1.29, 1.82) is 0 Å². The van der Waals surface area contributed by atoms with Crippen LogP contribution in [0.5, 0.6) is 0 Å². The molecule has 0 aromatic rings. The van der Waals surface area contributed by atoms with Gasteiger partial charge in [-0.25, -0.2) is 4.79 Å². The van der Waals surface area contributed by atoms with Crippen molar-refractivity contribution in [3.63, 3.8) is 0 Å². The monoisotopic (exact) mass is 311 g/mol. The molecule has 0 aliphatic carbocycles. The molecule has 0 aromatic heterocycles. The second-order valence-electron chi connectivity index (χ2n) is 6.56. The van der Waals surface area contributed by atoms with Crippen LogP contribution in [-0.4, -0.2) is 42.6 Å². The van der Waals surface area contributed by atoms with Crippen molar-refractivity contribution < 1.29 is 4.79 Å². The normalized spacial score (nSPS) is 19.1. The molecule has 0 bridgehead atoms. The van der Waals surface area contributed by atoms with Crippen LogP contribution in [0, 0.1) is 0 Å². The first-order chi connectivity index (χ1) is 10.7. The lowest BCUT2D eigenvalue weighted by Crippen LogP contribution is -2.48. The zero-order chi connectivity index (χ0) is 16.2. The van der Waals surface area contributed by atoms with E-state index in [1.807, 2.05) is 0 Å². The minimum atomic E-state index is 0.130. The molecule has 0 spiro atoms. The molecule has 1 unspecified atom stereocenters. The number of nitrogens with one attached hydrogen (secondary N) is 2. The van der Waals surface area contributed by atoms with Gasteiger partial charge in [-0.15, -0.1) is 0 Å². The van der Waals surface area contributed by atoms with Crippen LogP contribution >= 0.6 is 0 Å². The molecule has 130 valence electrons. The van der Waals surface area contributed by atoms with Crippen LogP contribution < -0.4 is 10.6 Å². The van der Waals surface area contributed by atoms with E-state index < -0.39 is 0 Å². The maximum Gasteiger partial charge on any atom is 0.317 e. The third-order valence-electron chi connectivity index (χ3n) is 4.72. The quantitative estimate of drug-likeness (QED) is 0.568. The fourth-order valence-corrected chi connectivity index (χ4v) is 3.41. The number of hydrogen-bond acceptors (Lipinski definition) is 2. The summed E-state index contributed by atoms with van der Waals surface area (Å²) < 4.78 is 0. The number of rotatable bonds is 11. The van der Waals surface area contributed by atoms with Crippen molar-refractivity contribution >= 4 is 6.03 Å². The van der Waals surface area contributed by atoms with Crippen LogP contribution in [0.25, 0.3) is 0 Å². The van der Waals surface area contributed by atoms with Gasteiger partial charge in [-0.3, -0.25) is 0 Å². The molecular formula is C18H37N3O. The maximum atomic E-state index is 12.5. The summed E-state index contributed by atoms with van der Waals surface area (Å²) in [7, 11) is 0. The van der Waals surface area contributed by atoms with Crippen molar-refractivity contribution in [2.45, 2.75) is 90.6 Å². The van der Waals surface area contributed by atoms with E-state index in [4.69, 9.17) is 0 Å². The van der Waals surface area contributed by atoms with E-state index in [0.717, 1.165) is 38.9 Å². The molecule has 2 amide bonds. The number of carbonyl (C=O) groups excluding carboxylic acids is 1. The lowest BCUT2D eigenvalue weighted by Gasteiger charge is -2.31. The molecule has 0 saturated carbocycles. The Kier molecular flexibility index (Phi) is 10.3. The standard InChI is InChI=1S/C18H37N3O/c1-4-7-8-9-13-17(11-5-2)21(6-3)18(22)20-15-16-12-10-14-19-16/h16-17,19H,4-15H2,1-3H3,(H,20,22)/t16-,17?/m1/s1. The second-order valence-corrected chi connectivity index (χ2v) is 6.56. The van der Waals surface area contributed by atoms with Gasteiger partial charge in [-0.1, -0.05) is 46.0 Å². The first-order valence-electron chi connectivity index (χ1n) is 9.50. The van der Waals surface area contributed by atoms with E-state index in [1.54, 1.807) is 0 Å². The first kappa shape index (κ1) is 19.3. The van der Waals surface area contributed by atoms with Gasteiger partial charge in [0.2, 0.25) is 0 Å². The van der Waals surface area contributed by atoms with Crippen LogP contribution in [0.4, 0.5) is 4.79 Å². The van der Waals surface area contributed by atoms with Gasteiger partial charge in [0.15, 0.2) is 0 Å². The first-order valence-corrected chi connectivity index (χ1v) is 9.50. The molecule has 1 saturated heterocycles. The van der Waals surface area contributed by atoms with E-state index in [-0.39, 0.29) is 6.03 Å². The summed E-state index contributed by atoms with van der Waals surface area (Å²) in [5.74, 6) is 0. The van der Waals surface area contributed by atoms with Crippen LogP contribution in [-0.2, 0) is 0 Å². The molecule has 1 rings (SSSR count). The lowest BCUT2D eigenvalue weighted by atomic mass is 10.0. The Labute approximate surface area is 137 Å². The zero-order valence-electron chi connectivity index (χ0n) is 15.0. The highest BCUT2D eigenvalue weighted by molar-refractivity contribution is 5.74. The second kappa shape index (κ2) is 11.8. The Morgan fingerprint density at radius 3 is 2.59 bits per heavy atom. The topological polar surface area (TPSA) is 44.4 Å². The Hall–Kier alpha value is -0.770. The zero-order valence-corrected chi connectivity index (χ0v) is 15.0. The Morgan fingerprint density at radius 2 is 2.00 bits per heavy atom. The summed E-state index contributed by atoms with van der Waals surface area (Å²) >= 11 is 0. The number of hydrogen-bond donors (Lipinski definition) is 2. The predicted octanol–water partition coefficient (Wildman–Crippen LogP) is 3.91.